The van der Waals surface area contributed by atoms with Crippen LogP contribution in [0.2, 0.25) is 0 Å². The topological polar surface area (TPSA) is 46.7 Å². The number of epoxide rings is 1. The van der Waals surface area contributed by atoms with Crippen molar-refractivity contribution in [3.8, 4) is 0 Å². The Kier molecular flexibility index (Phi) is 2.85. The summed E-state index contributed by atoms with van der Waals surface area (Å²) in [6, 6.07) is 0. The van der Waals surface area contributed by atoms with E-state index >= 15 is 0 Å². The molecule has 3 nitrogen and oxygen atoms in total. The molecule has 124 valence electrons. The van der Waals surface area contributed by atoms with E-state index in [2.05, 4.69) is 6.92 Å². The number of fused-ring (bicyclic) bond motifs is 5. The van der Waals surface area contributed by atoms with Crippen LogP contribution in [0.25, 0.3) is 0 Å². The molecule has 0 bridgehead atoms. The normalized spacial score (nSPS) is 51.6. The van der Waals surface area contributed by atoms with Gasteiger partial charge in [0.15, 0.2) is 5.78 Å². The molecule has 0 N–H and O–H groups in total. The lowest BCUT2D eigenvalue weighted by Gasteiger charge is -2.57. The van der Waals surface area contributed by atoms with Gasteiger partial charge in [0.25, 0.3) is 0 Å². The Morgan fingerprint density at radius 3 is 2.65 bits per heavy atom. The molecule has 0 spiro atoms. The molecule has 0 aromatic rings. The first-order chi connectivity index (χ1) is 11.1. The Balaban J connectivity index is 1.57. The van der Waals surface area contributed by atoms with E-state index in [-0.39, 0.29) is 10.8 Å². The van der Waals surface area contributed by atoms with Gasteiger partial charge < -0.3 is 4.74 Å². The highest BCUT2D eigenvalue weighted by Crippen LogP contribution is 2.66. The van der Waals surface area contributed by atoms with Crippen molar-refractivity contribution < 1.29 is 14.3 Å². The number of carbonyl (C=O) groups is 2. The average molecular weight is 314 g/mol. The third-order valence-electron chi connectivity index (χ3n) is 8.18. The Morgan fingerprint density at radius 2 is 1.87 bits per heavy atom. The van der Waals surface area contributed by atoms with Crippen LogP contribution in [-0.2, 0) is 14.3 Å². The van der Waals surface area contributed by atoms with Crippen molar-refractivity contribution in [1.82, 2.24) is 0 Å². The standard InChI is InChI=1S/C20H26O3/c1-19-8-7-16-14(15(19)4-5-17(19)22)3-2-12-10-13(21)6-9-20(12,16)18-11-23-18/h10,14-16,18H,2-9,11H2,1H3/t14-,15-,16-,18+,19-,20?/m0/s1. The SMILES string of the molecule is C[C@]12CC[C@H]3[C@@H](CCC4=CC(=O)CCC43[C@H]3CO3)[C@@H]1CCC2=O. The van der Waals surface area contributed by atoms with Gasteiger partial charge in [-0.1, -0.05) is 12.5 Å². The van der Waals surface area contributed by atoms with Crippen molar-refractivity contribution in [2.45, 2.75) is 64.4 Å². The van der Waals surface area contributed by atoms with Crippen LogP contribution < -0.4 is 0 Å². The number of hydrogen-bond acceptors (Lipinski definition) is 3. The number of ketones is 2. The molecule has 5 rings (SSSR count). The molecule has 1 saturated heterocycles. The predicted molar refractivity (Wildman–Crippen MR) is 85.8 cm³/mol. The van der Waals surface area contributed by atoms with Gasteiger partial charge in [0.2, 0.25) is 0 Å². The molecule has 0 aromatic heterocycles. The number of hydrogen-bond donors (Lipinski definition) is 0. The Labute approximate surface area is 137 Å². The van der Waals surface area contributed by atoms with Crippen LogP contribution in [0.3, 0.4) is 0 Å². The lowest BCUT2D eigenvalue weighted by Crippen LogP contribution is -2.53. The molecule has 4 aliphatic carbocycles. The minimum atomic E-state index is -0.0571. The second-order valence-electron chi connectivity index (χ2n) is 8.83. The first kappa shape index (κ1) is 14.4. The molecule has 1 unspecified atom stereocenters. The molecule has 1 heterocycles. The molecule has 3 heteroatoms. The second-order valence-corrected chi connectivity index (χ2v) is 8.83. The quantitative estimate of drug-likeness (QED) is 0.696. The van der Waals surface area contributed by atoms with Crippen LogP contribution in [0.4, 0.5) is 0 Å². The van der Waals surface area contributed by atoms with Crippen LogP contribution in [0.5, 0.6) is 0 Å². The van der Waals surface area contributed by atoms with Gasteiger partial charge in [0.1, 0.15) is 5.78 Å². The number of carbonyl (C=O) groups excluding carboxylic acids is 2. The first-order valence-electron chi connectivity index (χ1n) is 9.44. The van der Waals surface area contributed by atoms with Gasteiger partial charge in [0.05, 0.1) is 12.7 Å². The van der Waals surface area contributed by atoms with E-state index in [1.807, 2.05) is 6.08 Å². The maximum absolute atomic E-state index is 12.5. The molecule has 0 amide bonds. The highest BCUT2D eigenvalue weighted by atomic mass is 16.6. The van der Waals surface area contributed by atoms with Gasteiger partial charge in [-0.25, -0.2) is 0 Å². The van der Waals surface area contributed by atoms with Gasteiger partial charge >= 0.3 is 0 Å². The van der Waals surface area contributed by atoms with Crippen molar-refractivity contribution >= 4 is 11.6 Å². The molecular formula is C20H26O3. The minimum absolute atomic E-state index is 0.0571. The van der Waals surface area contributed by atoms with Crippen molar-refractivity contribution in [1.29, 1.82) is 0 Å². The van der Waals surface area contributed by atoms with Crippen LogP contribution in [0.1, 0.15) is 58.3 Å². The Morgan fingerprint density at radius 1 is 1.04 bits per heavy atom. The molecule has 6 atom stereocenters. The lowest BCUT2D eigenvalue weighted by molar-refractivity contribution is -0.133. The summed E-state index contributed by atoms with van der Waals surface area (Å²) in [6.07, 6.45) is 10.3. The van der Waals surface area contributed by atoms with Gasteiger partial charge in [-0.2, -0.15) is 0 Å². The van der Waals surface area contributed by atoms with E-state index < -0.39 is 0 Å². The molecule has 1 aliphatic heterocycles. The summed E-state index contributed by atoms with van der Waals surface area (Å²) < 4.78 is 5.83. The molecule has 4 fully saturated rings. The predicted octanol–water partition coefficient (Wildman–Crippen LogP) is 3.47. The van der Waals surface area contributed by atoms with Crippen molar-refractivity contribution in [3.05, 3.63) is 11.6 Å². The zero-order chi connectivity index (χ0) is 15.8. The first-order valence-corrected chi connectivity index (χ1v) is 9.44. The van der Waals surface area contributed by atoms with E-state index in [1.165, 1.54) is 12.0 Å². The van der Waals surface area contributed by atoms with E-state index in [0.29, 0.717) is 41.8 Å². The van der Waals surface area contributed by atoms with Crippen LogP contribution in [0, 0.1) is 28.6 Å². The van der Waals surface area contributed by atoms with E-state index in [4.69, 9.17) is 4.74 Å². The zero-order valence-corrected chi connectivity index (χ0v) is 14.0. The molecule has 5 aliphatic rings. The van der Waals surface area contributed by atoms with Gasteiger partial charge in [-0.15, -0.1) is 0 Å². The fourth-order valence-corrected chi connectivity index (χ4v) is 6.99. The summed E-state index contributed by atoms with van der Waals surface area (Å²) in [5, 5.41) is 0. The summed E-state index contributed by atoms with van der Waals surface area (Å²) in [7, 11) is 0. The Hall–Kier alpha value is -0.960. The maximum atomic E-state index is 12.5. The summed E-state index contributed by atoms with van der Waals surface area (Å²) in [5.74, 6) is 2.69. The number of rotatable bonds is 1. The summed E-state index contributed by atoms with van der Waals surface area (Å²) in [6.45, 7) is 3.11. The third kappa shape index (κ3) is 1.75. The van der Waals surface area contributed by atoms with E-state index in [1.54, 1.807) is 0 Å². The fourth-order valence-electron chi connectivity index (χ4n) is 6.99. The maximum Gasteiger partial charge on any atom is 0.155 e. The summed E-state index contributed by atoms with van der Waals surface area (Å²) in [5.41, 5.74) is 1.47. The molecule has 23 heavy (non-hydrogen) atoms. The van der Waals surface area contributed by atoms with Gasteiger partial charge in [-0.05, 0) is 62.4 Å². The summed E-state index contributed by atoms with van der Waals surface area (Å²) in [4.78, 5) is 24.5. The molecule has 0 aromatic carbocycles. The monoisotopic (exact) mass is 314 g/mol. The third-order valence-corrected chi connectivity index (χ3v) is 8.18. The fraction of sp³-hybridized carbons (Fsp3) is 0.800. The lowest BCUT2D eigenvalue weighted by atomic mass is 9.46. The van der Waals surface area contributed by atoms with E-state index in [9.17, 15) is 9.59 Å². The Bertz CT molecular complexity index is 616. The van der Waals surface area contributed by atoms with Crippen LogP contribution in [0.15, 0.2) is 11.6 Å². The number of ether oxygens (including phenoxy) is 1. The molecule has 0 radical (unpaired) electrons. The van der Waals surface area contributed by atoms with Gasteiger partial charge in [-0.3, -0.25) is 9.59 Å². The zero-order valence-electron chi connectivity index (χ0n) is 14.0. The average Bonchev–Trinajstić information content (AvgIpc) is 3.34. The van der Waals surface area contributed by atoms with Gasteiger partial charge in [0, 0.05) is 23.7 Å². The van der Waals surface area contributed by atoms with Crippen molar-refractivity contribution in [2.75, 3.05) is 6.61 Å². The van der Waals surface area contributed by atoms with Crippen LogP contribution >= 0.6 is 0 Å². The number of Topliss-reactive ketones (excluding diaryl/α,β-unsaturated/α-hetero) is 1. The smallest absolute Gasteiger partial charge is 0.155 e. The second kappa shape index (κ2) is 4.56. The summed E-state index contributed by atoms with van der Waals surface area (Å²) >= 11 is 0. The van der Waals surface area contributed by atoms with Crippen molar-refractivity contribution in [2.24, 2.45) is 28.6 Å². The molecular weight excluding hydrogens is 288 g/mol. The molecule has 3 saturated carbocycles. The van der Waals surface area contributed by atoms with E-state index in [0.717, 1.165) is 45.1 Å². The minimum Gasteiger partial charge on any atom is -0.372 e. The van der Waals surface area contributed by atoms with Crippen LogP contribution in [-0.4, -0.2) is 24.3 Å². The highest BCUT2D eigenvalue weighted by Gasteiger charge is 2.64. The largest absolute Gasteiger partial charge is 0.372 e. The van der Waals surface area contributed by atoms with Crippen molar-refractivity contribution in [3.63, 3.8) is 0 Å². The highest BCUT2D eigenvalue weighted by molar-refractivity contribution is 5.92.